The summed E-state index contributed by atoms with van der Waals surface area (Å²) in [5, 5.41) is 17.7. The highest BCUT2D eigenvalue weighted by atomic mass is 16.4. The lowest BCUT2D eigenvalue weighted by molar-refractivity contribution is -0.136. The molecule has 3 aliphatic rings. The van der Waals surface area contributed by atoms with Crippen molar-refractivity contribution in [3.05, 3.63) is 346 Å². The van der Waals surface area contributed by atoms with E-state index in [4.69, 9.17) is 19.9 Å². The van der Waals surface area contributed by atoms with Crippen molar-refractivity contribution in [2.45, 2.75) is 131 Å². The Labute approximate surface area is 770 Å². The molecule has 0 atom stereocenters. The molecular weight excluding hydrogens is 1660 g/mol. The van der Waals surface area contributed by atoms with Gasteiger partial charge in [0.05, 0.1) is 75.6 Å². The molecule has 0 fully saturated rings. The summed E-state index contributed by atoms with van der Waals surface area (Å²) in [6, 6.07) is 68.6. The second-order valence-electron chi connectivity index (χ2n) is 34.7. The number of fused-ring (bicyclic) bond motifs is 4. The maximum atomic E-state index is 13.1. The van der Waals surface area contributed by atoms with E-state index in [9.17, 15) is 29.1 Å². The number of hydrogen-bond donors (Lipinski definition) is 1. The van der Waals surface area contributed by atoms with Crippen molar-refractivity contribution >= 4 is 52.3 Å². The van der Waals surface area contributed by atoms with E-state index < -0.39 is 5.97 Å². The van der Waals surface area contributed by atoms with Crippen LogP contribution in [-0.4, -0.2) is 117 Å². The molecule has 0 radical (unpaired) electrons. The standard InChI is InChI=1S/C28H27N5O3.C26H26N6O.C26H25N5O.C26H23N5O/c1-17(2)21-6-4-5-7-22(21)27-29-14-20-12-25(34)33(28(20)31-27)16-18-8-10-19(11-9-18)23-15-30-32(3)24(23)13-26(35)36;1-17(2)20-7-5-6-8-21(20)23-28-15-22-25(29-23)32(26(33)31(22)4)16-18-9-11-19(12-10-18)24-27-13-14-30(24)3;1-17(2)21-6-4-5-7-22(21)25-27-15-20-14-24(32)31(26(20)29-25)16-18-8-10-19(11-9-18)23-12-13-28-30(23)3;1-17(2)21-6-3-4-7-22(21)25-29-15-20-14-23(32)31(26(20)30-25)16-18-8-10-19(11-9-18)24-27-12-5-13-28-24/h4-11,14-15,17H,12-13,16H2,1-3H3,(H,35,36);5-15,17H,16H2,1-4H3;4-13,15,17H,14,16H2,1-3H3;3-13,15,17H,14,16H2,1-2H3. The van der Waals surface area contributed by atoms with E-state index in [2.05, 4.69) is 155 Å². The highest BCUT2D eigenvalue weighted by molar-refractivity contribution is 6.02. The van der Waals surface area contributed by atoms with Crippen LogP contribution < -0.4 is 20.4 Å². The molecule has 3 amide bonds. The fourth-order valence-corrected chi connectivity index (χ4v) is 17.2. The average molecular weight is 1770 g/mol. The van der Waals surface area contributed by atoms with E-state index >= 15 is 0 Å². The summed E-state index contributed by atoms with van der Waals surface area (Å²) in [4.78, 5) is 119. The molecule has 0 aliphatic carbocycles. The maximum Gasteiger partial charge on any atom is 0.330 e. The number of hydrogen-bond acceptors (Lipinski definition) is 18. The summed E-state index contributed by atoms with van der Waals surface area (Å²) in [6.07, 6.45) is 18.6. The van der Waals surface area contributed by atoms with Crippen molar-refractivity contribution in [2.75, 3.05) is 14.7 Å². The lowest BCUT2D eigenvalue weighted by Crippen LogP contribution is -2.26. The van der Waals surface area contributed by atoms with Gasteiger partial charge in [0.15, 0.2) is 34.8 Å². The zero-order chi connectivity index (χ0) is 92.8. The molecule has 27 heteroatoms. The van der Waals surface area contributed by atoms with Gasteiger partial charge in [-0.1, -0.05) is 250 Å². The first kappa shape index (κ1) is 88.9. The van der Waals surface area contributed by atoms with Gasteiger partial charge in [0.1, 0.15) is 28.8 Å². The van der Waals surface area contributed by atoms with E-state index in [0.29, 0.717) is 121 Å². The SMILES string of the molecule is CC(C)c1ccccc1-c1ncc2c(n1)N(Cc1ccc(-c3ccnn3C)cc1)C(=O)C2.CC(C)c1ccccc1-c1ncc2c(n1)N(Cc1ccc(-c3cnn(C)c3CC(=O)O)cc1)C(=O)C2.CC(C)c1ccccc1-c1ncc2c(n1)N(Cc1ccc(-c3ncccn3)cc1)C(=O)C2.CC(C)c1ccccc1-c1ncc2c(n1)n(Cc1ccc(-c3nccn3C)cc1)c(=O)n2C. The summed E-state index contributed by atoms with van der Waals surface area (Å²) in [6.45, 7) is 19.0. The molecule has 3 aliphatic heterocycles. The minimum Gasteiger partial charge on any atom is -0.481 e. The summed E-state index contributed by atoms with van der Waals surface area (Å²) in [5.74, 6) is 6.81. The fourth-order valence-electron chi connectivity index (χ4n) is 17.2. The number of aliphatic carboxylic acids is 1. The number of amides is 3. The van der Waals surface area contributed by atoms with E-state index in [1.165, 1.54) is 22.3 Å². The molecule has 666 valence electrons. The predicted octanol–water partition coefficient (Wildman–Crippen LogP) is 18.3. The van der Waals surface area contributed by atoms with Crippen LogP contribution in [0.2, 0.25) is 0 Å². The molecule has 12 heterocycles. The topological polar surface area (TPSA) is 308 Å². The van der Waals surface area contributed by atoms with Gasteiger partial charge in [-0.05, 0) is 91.4 Å². The number of benzene rings is 8. The van der Waals surface area contributed by atoms with Gasteiger partial charge in [-0.25, -0.2) is 59.6 Å². The zero-order valence-corrected chi connectivity index (χ0v) is 76.2. The summed E-state index contributed by atoms with van der Waals surface area (Å²) in [5.41, 5.74) is 23.1. The van der Waals surface area contributed by atoms with Crippen molar-refractivity contribution in [2.24, 2.45) is 28.2 Å². The smallest absolute Gasteiger partial charge is 0.330 e. The third-order valence-corrected chi connectivity index (χ3v) is 24.3. The van der Waals surface area contributed by atoms with E-state index in [1.807, 2.05) is 175 Å². The third-order valence-electron chi connectivity index (χ3n) is 24.3. The number of aromatic nitrogens is 18. The molecular formula is C106H101N21O6. The summed E-state index contributed by atoms with van der Waals surface area (Å²) < 4.78 is 8.75. The van der Waals surface area contributed by atoms with Crippen LogP contribution in [0.15, 0.2) is 273 Å². The van der Waals surface area contributed by atoms with Crippen LogP contribution in [0, 0.1) is 0 Å². The minimum absolute atomic E-state index is 0.00586. The van der Waals surface area contributed by atoms with Gasteiger partial charge in [0.2, 0.25) is 17.7 Å². The third kappa shape index (κ3) is 19.1. The first-order valence-corrected chi connectivity index (χ1v) is 44.5. The predicted molar refractivity (Wildman–Crippen MR) is 515 cm³/mol. The second kappa shape index (κ2) is 38.7. The molecule has 133 heavy (non-hydrogen) atoms. The highest BCUT2D eigenvalue weighted by Crippen LogP contribution is 2.39. The lowest BCUT2D eigenvalue weighted by atomic mass is 9.97. The Balaban J connectivity index is 0.000000124. The van der Waals surface area contributed by atoms with Gasteiger partial charge >= 0.3 is 11.7 Å². The first-order chi connectivity index (χ1) is 64.4. The molecule has 27 nitrogen and oxygen atoms in total. The Morgan fingerprint density at radius 1 is 0.361 bits per heavy atom. The van der Waals surface area contributed by atoms with Gasteiger partial charge in [0.25, 0.3) is 0 Å². The molecule has 20 rings (SSSR count). The number of imidazole rings is 2. The fraction of sp³-hybridized carbons (Fsp3) is 0.226. The molecule has 9 aromatic heterocycles. The van der Waals surface area contributed by atoms with E-state index in [-0.39, 0.29) is 36.3 Å². The van der Waals surface area contributed by atoms with Crippen LogP contribution in [-0.2, 0) is 99.2 Å². The Kier molecular flexibility index (Phi) is 25.9. The Morgan fingerprint density at radius 3 is 1.15 bits per heavy atom. The molecule has 0 bridgehead atoms. The Morgan fingerprint density at radius 2 is 0.752 bits per heavy atom. The number of nitrogens with zero attached hydrogens (tertiary/aromatic N) is 21. The average Bonchev–Trinajstić information content (AvgIpc) is 1.64. The van der Waals surface area contributed by atoms with Crippen LogP contribution in [0.4, 0.5) is 17.5 Å². The van der Waals surface area contributed by atoms with Crippen LogP contribution in [0.1, 0.15) is 146 Å². The van der Waals surface area contributed by atoms with Crippen LogP contribution in [0.5, 0.6) is 0 Å². The van der Waals surface area contributed by atoms with Crippen LogP contribution in [0.25, 0.3) is 102 Å². The van der Waals surface area contributed by atoms with E-state index in [1.54, 1.807) is 104 Å². The van der Waals surface area contributed by atoms with Crippen LogP contribution in [0.3, 0.4) is 0 Å². The quantitative estimate of drug-likeness (QED) is 0.0659. The van der Waals surface area contributed by atoms with Crippen molar-refractivity contribution in [1.82, 2.24) is 88.1 Å². The summed E-state index contributed by atoms with van der Waals surface area (Å²) in [7, 11) is 7.40. The first-order valence-electron chi connectivity index (χ1n) is 44.5. The zero-order valence-electron chi connectivity index (χ0n) is 76.2. The number of carbonyl (C=O) groups is 4. The number of aryl methyl sites for hydroxylation is 4. The lowest BCUT2D eigenvalue weighted by Gasteiger charge is -2.18. The number of carbonyl (C=O) groups excluding carboxylic acids is 3. The minimum atomic E-state index is -0.903. The second-order valence-corrected chi connectivity index (χ2v) is 34.7. The summed E-state index contributed by atoms with van der Waals surface area (Å²) >= 11 is 0. The Bertz CT molecular complexity index is 7240. The van der Waals surface area contributed by atoms with Gasteiger partial charge in [0, 0.05) is 133 Å². The number of anilines is 3. The maximum absolute atomic E-state index is 13.1. The highest BCUT2D eigenvalue weighted by Gasteiger charge is 2.34. The molecule has 0 saturated heterocycles. The van der Waals surface area contributed by atoms with Gasteiger partial charge in [-0.3, -0.25) is 52.4 Å². The molecule has 0 spiro atoms. The number of rotatable bonds is 22. The number of carboxylic acids is 1. The molecule has 1 N–H and O–H groups in total. The molecule has 0 unspecified atom stereocenters. The largest absolute Gasteiger partial charge is 0.481 e. The van der Waals surface area contributed by atoms with Gasteiger partial charge < -0.3 is 9.67 Å². The van der Waals surface area contributed by atoms with Crippen LogP contribution >= 0.6 is 0 Å². The van der Waals surface area contributed by atoms with Crippen molar-refractivity contribution in [3.8, 4) is 90.7 Å². The monoisotopic (exact) mass is 1760 g/mol. The molecule has 0 saturated carbocycles. The van der Waals surface area contributed by atoms with Crippen molar-refractivity contribution in [3.63, 3.8) is 0 Å². The van der Waals surface area contributed by atoms with Gasteiger partial charge in [-0.15, -0.1) is 0 Å². The molecule has 17 aromatic rings. The van der Waals surface area contributed by atoms with Gasteiger partial charge in [-0.2, -0.15) is 10.2 Å². The number of carboxylic acid groups (broad SMARTS) is 1. The van der Waals surface area contributed by atoms with Crippen molar-refractivity contribution in [1.29, 1.82) is 0 Å². The Hall–Kier alpha value is -16.1. The van der Waals surface area contributed by atoms with Crippen molar-refractivity contribution < 1.29 is 24.3 Å². The molecule has 8 aromatic carbocycles. The van der Waals surface area contributed by atoms with E-state index in [0.717, 1.165) is 106 Å². The normalized spacial score (nSPS) is 12.6.